The number of fused-ring (bicyclic) bond motifs is 5. The Hall–Kier alpha value is -2.56. The summed E-state index contributed by atoms with van der Waals surface area (Å²) in [4.78, 5) is 0. The largest absolute Gasteiger partial charge is 0.369 e. The van der Waals surface area contributed by atoms with Gasteiger partial charge in [-0.3, -0.25) is 0 Å². The van der Waals surface area contributed by atoms with E-state index in [0.717, 1.165) is 33.0 Å². The van der Waals surface area contributed by atoms with Gasteiger partial charge in [0.05, 0.1) is 0 Å². The fourth-order valence-electron chi connectivity index (χ4n) is 3.20. The number of aliphatic hydroxyl groups is 1. The van der Waals surface area contributed by atoms with Crippen LogP contribution in [0.4, 0.5) is 0 Å². The molecule has 3 aromatic carbocycles. The Kier molecular flexibility index (Phi) is 2.10. The molecule has 0 radical (unpaired) electrons. The Labute approximate surface area is 117 Å². The van der Waals surface area contributed by atoms with Crippen LogP contribution in [0.25, 0.3) is 21.9 Å². The first kappa shape index (κ1) is 11.3. The van der Waals surface area contributed by atoms with Crippen LogP contribution in [0.2, 0.25) is 0 Å². The minimum absolute atomic E-state index is 0.800. The molecule has 1 aliphatic carbocycles. The zero-order chi connectivity index (χ0) is 13.7. The maximum absolute atomic E-state index is 11.1. The van der Waals surface area contributed by atoms with Crippen molar-refractivity contribution in [3.63, 3.8) is 0 Å². The molecular formula is C19H12O. The molecule has 1 nitrogen and oxygen atoms in total. The molecule has 1 atom stereocenters. The van der Waals surface area contributed by atoms with E-state index in [1.807, 2.05) is 54.6 Å². The minimum atomic E-state index is -1.34. The van der Waals surface area contributed by atoms with Gasteiger partial charge in [0, 0.05) is 11.1 Å². The first-order valence-corrected chi connectivity index (χ1v) is 6.58. The van der Waals surface area contributed by atoms with Crippen LogP contribution in [-0.2, 0) is 5.60 Å². The van der Waals surface area contributed by atoms with Gasteiger partial charge >= 0.3 is 0 Å². The molecule has 1 unspecified atom stereocenters. The third kappa shape index (κ3) is 1.22. The highest BCUT2D eigenvalue weighted by Gasteiger charge is 2.41. The zero-order valence-electron chi connectivity index (χ0n) is 10.8. The zero-order valence-corrected chi connectivity index (χ0v) is 10.8. The summed E-state index contributed by atoms with van der Waals surface area (Å²) in [6.07, 6.45) is 5.69. The van der Waals surface area contributed by atoms with Crippen LogP contribution in [-0.4, -0.2) is 5.11 Å². The molecule has 1 N–H and O–H groups in total. The maximum Gasteiger partial charge on any atom is 0.178 e. The molecule has 0 aromatic heterocycles. The summed E-state index contributed by atoms with van der Waals surface area (Å²) < 4.78 is 0. The minimum Gasteiger partial charge on any atom is -0.369 e. The molecule has 4 rings (SSSR count). The molecule has 1 heteroatoms. The van der Waals surface area contributed by atoms with Crippen LogP contribution in [0.1, 0.15) is 11.1 Å². The molecule has 0 bridgehead atoms. The van der Waals surface area contributed by atoms with Gasteiger partial charge < -0.3 is 5.11 Å². The highest BCUT2D eigenvalue weighted by atomic mass is 16.3. The fraction of sp³-hybridized carbons (Fsp3) is 0.0526. The number of rotatable bonds is 0. The topological polar surface area (TPSA) is 20.2 Å². The predicted molar refractivity (Wildman–Crippen MR) is 81.2 cm³/mol. The molecule has 0 saturated heterocycles. The van der Waals surface area contributed by atoms with E-state index in [0.29, 0.717) is 0 Å². The first-order chi connectivity index (χ1) is 9.75. The normalized spacial score (nSPS) is 19.4. The highest BCUT2D eigenvalue weighted by molar-refractivity contribution is 5.97. The van der Waals surface area contributed by atoms with Crippen LogP contribution in [0.15, 0.2) is 60.7 Å². The Morgan fingerprint density at radius 2 is 1.60 bits per heavy atom. The summed E-state index contributed by atoms with van der Waals surface area (Å²) in [7, 11) is 0. The fourth-order valence-corrected chi connectivity index (χ4v) is 3.20. The molecule has 1 aliphatic rings. The molecule has 3 aromatic rings. The molecule has 0 heterocycles. The SMILES string of the molecule is C#CC1(O)c2ccccc2-c2ccc3ccccc3c21. The van der Waals surface area contributed by atoms with Gasteiger partial charge in [-0.15, -0.1) is 6.42 Å². The van der Waals surface area contributed by atoms with Crippen LogP contribution in [0, 0.1) is 12.3 Å². The van der Waals surface area contributed by atoms with Crippen molar-refractivity contribution in [3.05, 3.63) is 71.8 Å². The predicted octanol–water partition coefficient (Wildman–Crippen LogP) is 3.69. The molecule has 0 saturated carbocycles. The lowest BCUT2D eigenvalue weighted by Gasteiger charge is -2.20. The van der Waals surface area contributed by atoms with E-state index in [1.54, 1.807) is 0 Å². The highest BCUT2D eigenvalue weighted by Crippen LogP contribution is 2.49. The van der Waals surface area contributed by atoms with E-state index in [1.165, 1.54) is 0 Å². The van der Waals surface area contributed by atoms with Gasteiger partial charge in [0.15, 0.2) is 5.60 Å². The molecule has 0 aliphatic heterocycles. The van der Waals surface area contributed by atoms with Crippen LogP contribution in [0.3, 0.4) is 0 Å². The van der Waals surface area contributed by atoms with E-state index >= 15 is 0 Å². The van der Waals surface area contributed by atoms with Crippen molar-refractivity contribution in [3.8, 4) is 23.5 Å². The molecule has 0 fully saturated rings. The Balaban J connectivity index is 2.23. The Morgan fingerprint density at radius 3 is 2.45 bits per heavy atom. The van der Waals surface area contributed by atoms with Crippen molar-refractivity contribution < 1.29 is 5.11 Å². The van der Waals surface area contributed by atoms with E-state index in [9.17, 15) is 5.11 Å². The average molecular weight is 256 g/mol. The Bertz CT molecular complexity index is 886. The molecule has 0 spiro atoms. The lowest BCUT2D eigenvalue weighted by Crippen LogP contribution is -2.22. The average Bonchev–Trinajstić information content (AvgIpc) is 2.78. The van der Waals surface area contributed by atoms with Gasteiger partial charge in [0.2, 0.25) is 0 Å². The number of hydrogen-bond acceptors (Lipinski definition) is 1. The monoisotopic (exact) mass is 256 g/mol. The lowest BCUT2D eigenvalue weighted by atomic mass is 9.89. The summed E-state index contributed by atoms with van der Waals surface area (Å²) in [5.41, 5.74) is 2.34. The third-order valence-corrected chi connectivity index (χ3v) is 4.11. The lowest BCUT2D eigenvalue weighted by molar-refractivity contribution is 0.152. The van der Waals surface area contributed by atoms with Crippen molar-refractivity contribution in [1.29, 1.82) is 0 Å². The van der Waals surface area contributed by atoms with E-state index in [4.69, 9.17) is 6.42 Å². The van der Waals surface area contributed by atoms with Gasteiger partial charge in [-0.25, -0.2) is 0 Å². The van der Waals surface area contributed by atoms with Crippen molar-refractivity contribution in [2.24, 2.45) is 0 Å². The molecule has 94 valence electrons. The van der Waals surface area contributed by atoms with Crippen LogP contribution in [0.5, 0.6) is 0 Å². The standard InChI is InChI=1S/C19H12O/c1-2-19(20)17-10-6-5-9-15(17)16-12-11-13-7-3-4-8-14(13)18(16)19/h1,3-12,20H. The third-order valence-electron chi connectivity index (χ3n) is 4.11. The van der Waals surface area contributed by atoms with Gasteiger partial charge in [-0.1, -0.05) is 66.6 Å². The second kappa shape index (κ2) is 3.72. The van der Waals surface area contributed by atoms with Gasteiger partial charge in [0.25, 0.3) is 0 Å². The quantitative estimate of drug-likeness (QED) is 0.608. The van der Waals surface area contributed by atoms with E-state index in [-0.39, 0.29) is 0 Å². The second-order valence-electron chi connectivity index (χ2n) is 5.11. The summed E-state index contributed by atoms with van der Waals surface area (Å²) in [6, 6.07) is 19.9. The second-order valence-corrected chi connectivity index (χ2v) is 5.11. The van der Waals surface area contributed by atoms with Crippen molar-refractivity contribution in [1.82, 2.24) is 0 Å². The maximum atomic E-state index is 11.1. The molecule has 0 amide bonds. The Morgan fingerprint density at radius 1 is 0.850 bits per heavy atom. The van der Waals surface area contributed by atoms with Crippen molar-refractivity contribution >= 4 is 10.8 Å². The van der Waals surface area contributed by atoms with Crippen LogP contribution >= 0.6 is 0 Å². The number of terminal acetylenes is 1. The van der Waals surface area contributed by atoms with Crippen LogP contribution < -0.4 is 0 Å². The van der Waals surface area contributed by atoms with Gasteiger partial charge in [-0.2, -0.15) is 0 Å². The number of hydrogen-bond donors (Lipinski definition) is 1. The summed E-state index contributed by atoms with van der Waals surface area (Å²) in [5.74, 6) is 2.60. The summed E-state index contributed by atoms with van der Waals surface area (Å²) in [5, 5.41) is 13.2. The number of benzene rings is 3. The van der Waals surface area contributed by atoms with E-state index in [2.05, 4.69) is 12.0 Å². The molecule has 20 heavy (non-hydrogen) atoms. The van der Waals surface area contributed by atoms with Gasteiger partial charge in [0.1, 0.15) is 0 Å². The summed E-state index contributed by atoms with van der Waals surface area (Å²) >= 11 is 0. The van der Waals surface area contributed by atoms with E-state index < -0.39 is 5.60 Å². The first-order valence-electron chi connectivity index (χ1n) is 6.58. The van der Waals surface area contributed by atoms with Crippen molar-refractivity contribution in [2.45, 2.75) is 5.60 Å². The smallest absolute Gasteiger partial charge is 0.178 e. The summed E-state index contributed by atoms with van der Waals surface area (Å²) in [6.45, 7) is 0. The molecular weight excluding hydrogens is 244 g/mol. The van der Waals surface area contributed by atoms with Crippen molar-refractivity contribution in [2.75, 3.05) is 0 Å². The van der Waals surface area contributed by atoms with Gasteiger partial charge in [-0.05, 0) is 21.9 Å².